The van der Waals surface area contributed by atoms with Gasteiger partial charge in [-0.1, -0.05) is 12.5 Å². The number of hydrogen-bond donors (Lipinski definition) is 2. The summed E-state index contributed by atoms with van der Waals surface area (Å²) >= 11 is 0. The zero-order valence-electron chi connectivity index (χ0n) is 11.6. The number of aromatic nitrogens is 2. The maximum absolute atomic E-state index is 12.2. The molecule has 1 aliphatic heterocycles. The van der Waals surface area contributed by atoms with Crippen molar-refractivity contribution in [1.82, 2.24) is 14.9 Å². The number of fused-ring (bicyclic) bond motifs is 1. The van der Waals surface area contributed by atoms with Gasteiger partial charge in [0.25, 0.3) is 5.56 Å². The molecule has 1 saturated heterocycles. The van der Waals surface area contributed by atoms with Crippen LogP contribution in [0.15, 0.2) is 23.0 Å². The van der Waals surface area contributed by atoms with Crippen molar-refractivity contribution in [3.63, 3.8) is 0 Å². The molecule has 0 aliphatic carbocycles. The lowest BCUT2D eigenvalue weighted by Gasteiger charge is -2.25. The van der Waals surface area contributed by atoms with Crippen LogP contribution in [0.5, 0.6) is 0 Å². The third-order valence-corrected chi connectivity index (χ3v) is 3.84. The zero-order chi connectivity index (χ0) is 14.8. The van der Waals surface area contributed by atoms with Crippen LogP contribution in [0.4, 0.5) is 0 Å². The minimum absolute atomic E-state index is 0.00854. The van der Waals surface area contributed by atoms with Crippen LogP contribution in [0, 0.1) is 0 Å². The molecular formula is C15H17N3O3. The molecule has 1 fully saturated rings. The molecule has 1 aliphatic rings. The molecule has 6 nitrogen and oxygen atoms in total. The fourth-order valence-corrected chi connectivity index (χ4v) is 2.82. The Hall–Kier alpha value is -2.21. The van der Waals surface area contributed by atoms with Gasteiger partial charge in [-0.25, -0.2) is 9.78 Å². The van der Waals surface area contributed by atoms with Crippen molar-refractivity contribution in [1.29, 1.82) is 0 Å². The summed E-state index contributed by atoms with van der Waals surface area (Å²) in [5.41, 5.74) is 0.0430. The van der Waals surface area contributed by atoms with E-state index in [1.54, 1.807) is 12.1 Å². The molecule has 6 heteroatoms. The van der Waals surface area contributed by atoms with Crippen molar-refractivity contribution in [2.75, 3.05) is 13.1 Å². The van der Waals surface area contributed by atoms with Crippen LogP contribution in [-0.4, -0.2) is 39.0 Å². The van der Waals surface area contributed by atoms with E-state index >= 15 is 0 Å². The molecule has 3 rings (SSSR count). The highest BCUT2D eigenvalue weighted by atomic mass is 16.4. The number of aromatic carboxylic acids is 1. The molecule has 2 N–H and O–H groups in total. The topological polar surface area (TPSA) is 86.3 Å². The minimum atomic E-state index is -1.11. The number of piperidine rings is 1. The van der Waals surface area contributed by atoms with Crippen molar-refractivity contribution in [2.45, 2.75) is 25.8 Å². The quantitative estimate of drug-likeness (QED) is 0.895. The summed E-state index contributed by atoms with van der Waals surface area (Å²) in [6, 6.07) is 4.71. The first-order valence-corrected chi connectivity index (χ1v) is 7.13. The predicted octanol–water partition coefficient (Wildman–Crippen LogP) is 1.61. The number of aromatic amines is 1. The number of hydrogen-bond acceptors (Lipinski definition) is 4. The summed E-state index contributed by atoms with van der Waals surface area (Å²) in [5, 5.41) is 9.29. The molecule has 0 bridgehead atoms. The van der Waals surface area contributed by atoms with Crippen molar-refractivity contribution >= 4 is 16.9 Å². The smallest absolute Gasteiger partial charge is 0.336 e. The van der Waals surface area contributed by atoms with E-state index in [9.17, 15) is 9.59 Å². The van der Waals surface area contributed by atoms with Gasteiger partial charge in [0, 0.05) is 0 Å². The van der Waals surface area contributed by atoms with Crippen LogP contribution in [0.1, 0.15) is 35.4 Å². The summed E-state index contributed by atoms with van der Waals surface area (Å²) in [6.07, 6.45) is 3.59. The summed E-state index contributed by atoms with van der Waals surface area (Å²) in [4.78, 5) is 32.8. The first-order chi connectivity index (χ1) is 10.1. The molecule has 110 valence electrons. The average molecular weight is 287 g/mol. The molecule has 0 spiro atoms. The van der Waals surface area contributed by atoms with Gasteiger partial charge in [-0.3, -0.25) is 9.69 Å². The number of nitrogens with zero attached hydrogens (tertiary/aromatic N) is 2. The summed E-state index contributed by atoms with van der Waals surface area (Å²) < 4.78 is 0. The Morgan fingerprint density at radius 1 is 1.29 bits per heavy atom. The molecule has 1 aromatic heterocycles. The Morgan fingerprint density at radius 2 is 2.05 bits per heavy atom. The van der Waals surface area contributed by atoms with E-state index in [0.717, 1.165) is 13.1 Å². The zero-order valence-corrected chi connectivity index (χ0v) is 11.6. The molecule has 0 unspecified atom stereocenters. The maximum atomic E-state index is 12.2. The second-order valence-electron chi connectivity index (χ2n) is 5.35. The van der Waals surface area contributed by atoms with E-state index in [2.05, 4.69) is 14.9 Å². The molecule has 2 aromatic rings. The highest BCUT2D eigenvalue weighted by Crippen LogP contribution is 2.15. The minimum Gasteiger partial charge on any atom is -0.478 e. The van der Waals surface area contributed by atoms with Crippen LogP contribution in [0.25, 0.3) is 10.9 Å². The van der Waals surface area contributed by atoms with E-state index in [1.807, 2.05) is 0 Å². The van der Waals surface area contributed by atoms with E-state index < -0.39 is 5.97 Å². The molecule has 1 aromatic carbocycles. The highest BCUT2D eigenvalue weighted by molar-refractivity contribution is 6.02. The van der Waals surface area contributed by atoms with Gasteiger partial charge in [-0.05, 0) is 38.1 Å². The fraction of sp³-hybridized carbons (Fsp3) is 0.400. The van der Waals surface area contributed by atoms with Gasteiger partial charge in [0.15, 0.2) is 0 Å². The number of carboxylic acids is 1. The van der Waals surface area contributed by atoms with Crippen molar-refractivity contribution in [3.8, 4) is 0 Å². The number of benzene rings is 1. The molecule has 21 heavy (non-hydrogen) atoms. The number of carbonyl (C=O) groups is 1. The van der Waals surface area contributed by atoms with Crippen LogP contribution < -0.4 is 5.56 Å². The largest absolute Gasteiger partial charge is 0.478 e. The number of likely N-dealkylation sites (tertiary alicyclic amines) is 1. The second kappa shape index (κ2) is 5.65. The van der Waals surface area contributed by atoms with Gasteiger partial charge >= 0.3 is 5.97 Å². The van der Waals surface area contributed by atoms with Crippen molar-refractivity contribution in [3.05, 3.63) is 39.9 Å². The normalized spacial score (nSPS) is 16.2. The number of nitrogens with one attached hydrogen (secondary N) is 1. The molecule has 0 radical (unpaired) electrons. The Labute approximate surface area is 121 Å². The summed E-state index contributed by atoms with van der Waals surface area (Å²) in [6.45, 7) is 2.62. The van der Waals surface area contributed by atoms with Crippen LogP contribution in [0.2, 0.25) is 0 Å². The molecule has 0 atom stereocenters. The standard InChI is InChI=1S/C15H17N3O3/c19-14-13-10(15(20)21)5-4-6-11(13)16-12(17-14)9-18-7-2-1-3-8-18/h4-6H,1-3,7-9H2,(H,20,21)(H,16,17,19). The van der Waals surface area contributed by atoms with E-state index in [4.69, 9.17) is 5.11 Å². The fourth-order valence-electron chi connectivity index (χ4n) is 2.82. The van der Waals surface area contributed by atoms with Gasteiger partial charge in [-0.2, -0.15) is 0 Å². The molecule has 0 amide bonds. The van der Waals surface area contributed by atoms with Gasteiger partial charge in [0.2, 0.25) is 0 Å². The van der Waals surface area contributed by atoms with E-state index in [0.29, 0.717) is 17.9 Å². The molecule has 0 saturated carbocycles. The number of carboxylic acid groups (broad SMARTS) is 1. The monoisotopic (exact) mass is 287 g/mol. The van der Waals surface area contributed by atoms with Gasteiger partial charge in [0.1, 0.15) is 5.82 Å². The Kier molecular flexibility index (Phi) is 3.70. The van der Waals surface area contributed by atoms with E-state index in [-0.39, 0.29) is 16.5 Å². The molecular weight excluding hydrogens is 270 g/mol. The van der Waals surface area contributed by atoms with Gasteiger partial charge < -0.3 is 10.1 Å². The van der Waals surface area contributed by atoms with E-state index in [1.165, 1.54) is 25.3 Å². The average Bonchev–Trinajstić information content (AvgIpc) is 2.47. The maximum Gasteiger partial charge on any atom is 0.336 e. The van der Waals surface area contributed by atoms with Crippen LogP contribution >= 0.6 is 0 Å². The summed E-state index contributed by atoms with van der Waals surface area (Å²) in [5.74, 6) is -0.520. The van der Waals surface area contributed by atoms with Gasteiger partial charge in [0.05, 0.1) is 23.0 Å². The third-order valence-electron chi connectivity index (χ3n) is 3.84. The summed E-state index contributed by atoms with van der Waals surface area (Å²) in [7, 11) is 0. The van der Waals surface area contributed by atoms with Crippen molar-refractivity contribution in [2.24, 2.45) is 0 Å². The predicted molar refractivity (Wildman–Crippen MR) is 78.5 cm³/mol. The number of rotatable bonds is 3. The Balaban J connectivity index is 1.99. The first kappa shape index (κ1) is 13.8. The second-order valence-corrected chi connectivity index (χ2v) is 5.35. The third kappa shape index (κ3) is 2.80. The lowest BCUT2D eigenvalue weighted by atomic mass is 10.1. The first-order valence-electron chi connectivity index (χ1n) is 7.13. The Bertz CT molecular complexity index is 733. The number of H-pyrrole nitrogens is 1. The van der Waals surface area contributed by atoms with Crippen LogP contribution in [0.3, 0.4) is 0 Å². The van der Waals surface area contributed by atoms with Crippen molar-refractivity contribution < 1.29 is 9.90 Å². The highest BCUT2D eigenvalue weighted by Gasteiger charge is 2.15. The van der Waals surface area contributed by atoms with Gasteiger partial charge in [-0.15, -0.1) is 0 Å². The lowest BCUT2D eigenvalue weighted by Crippen LogP contribution is -2.30. The SMILES string of the molecule is O=C(O)c1cccc2nc(CN3CCCCC3)[nH]c(=O)c12. The lowest BCUT2D eigenvalue weighted by molar-refractivity contribution is 0.0699. The Morgan fingerprint density at radius 3 is 2.76 bits per heavy atom. The molecule has 2 heterocycles. The van der Waals surface area contributed by atoms with Crippen LogP contribution in [-0.2, 0) is 6.54 Å².